The van der Waals surface area contributed by atoms with Crippen molar-refractivity contribution in [1.82, 2.24) is 0 Å². The van der Waals surface area contributed by atoms with E-state index in [1.54, 1.807) is 0 Å². The maximum absolute atomic E-state index is 2.42. The molecule has 2 heteroatoms. The Kier molecular flexibility index (Phi) is 12.0. The summed E-state index contributed by atoms with van der Waals surface area (Å²) in [7, 11) is 0. The molecule has 0 fully saturated rings. The number of nitrogens with zero attached hydrogens (tertiary/aromatic N) is 2. The van der Waals surface area contributed by atoms with E-state index >= 15 is 0 Å². The van der Waals surface area contributed by atoms with Gasteiger partial charge in [-0.15, -0.1) is 0 Å². The smallest absolute Gasteiger partial charge is 0.0540 e. The van der Waals surface area contributed by atoms with Gasteiger partial charge in [0.2, 0.25) is 0 Å². The topological polar surface area (TPSA) is 6.48 Å². The molecule has 0 radical (unpaired) electrons. The fourth-order valence-corrected chi connectivity index (χ4v) is 9.15. The number of anilines is 6. The predicted octanol–water partition coefficient (Wildman–Crippen LogP) is 17.4. The van der Waals surface area contributed by atoms with Crippen LogP contribution in [0.25, 0.3) is 32.7 Å². The Morgan fingerprint density at radius 3 is 1.68 bits per heavy atom. The van der Waals surface area contributed by atoms with Crippen LogP contribution in [0.3, 0.4) is 0 Å². The SMILES string of the molecule is CCCC(CC)c1ccc2ccc(N(c3ccccc3)c3ccc(-c4ccc(N(c5ccc(C(C)(CC)CCC)cc5)c5cccc6ccccc56)cc4)cc3)cc2c1. The van der Waals surface area contributed by atoms with Crippen LogP contribution in [0.15, 0.2) is 182 Å². The van der Waals surface area contributed by atoms with Crippen molar-refractivity contribution in [3.05, 3.63) is 193 Å². The molecular weight excluding hydrogens is 713 g/mol. The van der Waals surface area contributed by atoms with Crippen molar-refractivity contribution < 1.29 is 0 Å². The van der Waals surface area contributed by atoms with Crippen molar-refractivity contribution in [3.63, 3.8) is 0 Å². The molecule has 2 nitrogen and oxygen atoms in total. The minimum Gasteiger partial charge on any atom is -0.310 e. The number of para-hydroxylation sites is 1. The lowest BCUT2D eigenvalue weighted by Gasteiger charge is -2.31. The van der Waals surface area contributed by atoms with E-state index in [4.69, 9.17) is 0 Å². The second-order valence-electron chi connectivity index (χ2n) is 16.5. The van der Waals surface area contributed by atoms with Gasteiger partial charge in [0.05, 0.1) is 5.69 Å². The molecule has 0 aliphatic rings. The third-order valence-electron chi connectivity index (χ3n) is 12.7. The Hall–Kier alpha value is -6.12. The molecule has 59 heavy (non-hydrogen) atoms. The largest absolute Gasteiger partial charge is 0.310 e. The zero-order valence-electron chi connectivity index (χ0n) is 35.5. The van der Waals surface area contributed by atoms with Gasteiger partial charge >= 0.3 is 0 Å². The van der Waals surface area contributed by atoms with Gasteiger partial charge in [0.1, 0.15) is 0 Å². The highest BCUT2D eigenvalue weighted by Crippen LogP contribution is 2.42. The highest BCUT2D eigenvalue weighted by Gasteiger charge is 2.24. The molecule has 0 bridgehead atoms. The van der Waals surface area contributed by atoms with E-state index in [9.17, 15) is 0 Å². The minimum atomic E-state index is 0.179. The van der Waals surface area contributed by atoms with Gasteiger partial charge in [-0.1, -0.05) is 163 Å². The van der Waals surface area contributed by atoms with Gasteiger partial charge in [-0.2, -0.15) is 0 Å². The molecule has 0 aliphatic carbocycles. The molecule has 2 unspecified atom stereocenters. The average molecular weight is 771 g/mol. The molecule has 0 aliphatic heterocycles. The first-order valence-corrected chi connectivity index (χ1v) is 21.9. The Morgan fingerprint density at radius 1 is 0.458 bits per heavy atom. The number of rotatable bonds is 15. The van der Waals surface area contributed by atoms with Gasteiger partial charge in [-0.05, 0) is 142 Å². The zero-order valence-corrected chi connectivity index (χ0v) is 35.5. The van der Waals surface area contributed by atoms with Crippen LogP contribution in [0.1, 0.15) is 90.2 Å². The van der Waals surface area contributed by atoms with E-state index in [1.165, 1.54) is 81.6 Å². The highest BCUT2D eigenvalue weighted by atomic mass is 15.1. The molecule has 0 amide bonds. The molecule has 8 aromatic carbocycles. The summed E-state index contributed by atoms with van der Waals surface area (Å²) in [5.41, 5.74) is 12.3. The van der Waals surface area contributed by atoms with Crippen LogP contribution in [0, 0.1) is 0 Å². The summed E-state index contributed by atoms with van der Waals surface area (Å²) >= 11 is 0. The van der Waals surface area contributed by atoms with Gasteiger partial charge in [-0.25, -0.2) is 0 Å². The molecule has 296 valence electrons. The molecule has 0 aromatic heterocycles. The lowest BCUT2D eigenvalue weighted by atomic mass is 9.76. The van der Waals surface area contributed by atoms with Crippen LogP contribution < -0.4 is 9.80 Å². The van der Waals surface area contributed by atoms with Gasteiger partial charge in [-0.3, -0.25) is 0 Å². The monoisotopic (exact) mass is 770 g/mol. The fourth-order valence-electron chi connectivity index (χ4n) is 9.15. The van der Waals surface area contributed by atoms with Crippen LogP contribution in [0.5, 0.6) is 0 Å². The van der Waals surface area contributed by atoms with Crippen molar-refractivity contribution >= 4 is 55.7 Å². The Morgan fingerprint density at radius 2 is 1.03 bits per heavy atom. The summed E-state index contributed by atoms with van der Waals surface area (Å²) in [6.45, 7) is 11.6. The Bertz CT molecular complexity index is 2600. The zero-order chi connectivity index (χ0) is 40.8. The lowest BCUT2D eigenvalue weighted by Crippen LogP contribution is -2.20. The fraction of sp³-hybridized carbons (Fsp3) is 0.228. The summed E-state index contributed by atoms with van der Waals surface area (Å²) in [4.78, 5) is 4.79. The van der Waals surface area contributed by atoms with Crippen LogP contribution >= 0.6 is 0 Å². The van der Waals surface area contributed by atoms with Gasteiger partial charge in [0, 0.05) is 33.8 Å². The second kappa shape index (κ2) is 17.8. The van der Waals surface area contributed by atoms with Crippen molar-refractivity contribution in [1.29, 1.82) is 0 Å². The average Bonchev–Trinajstić information content (AvgIpc) is 3.29. The molecule has 0 spiro atoms. The van der Waals surface area contributed by atoms with Crippen molar-refractivity contribution in [2.75, 3.05) is 9.80 Å². The van der Waals surface area contributed by atoms with Crippen molar-refractivity contribution in [2.45, 2.75) is 84.5 Å². The van der Waals surface area contributed by atoms with Crippen molar-refractivity contribution in [3.8, 4) is 11.1 Å². The summed E-state index contributed by atoms with van der Waals surface area (Å²) in [6.07, 6.45) is 7.08. The number of hydrogen-bond donors (Lipinski definition) is 0. The third kappa shape index (κ3) is 8.28. The number of benzene rings is 8. The number of fused-ring (bicyclic) bond motifs is 2. The van der Waals surface area contributed by atoms with Crippen LogP contribution in [0.4, 0.5) is 34.1 Å². The Balaban J connectivity index is 1.13. The molecule has 2 atom stereocenters. The first-order chi connectivity index (χ1) is 28.9. The standard InChI is InChI=1S/C57H58N2/c1-6-16-42(8-3)47-24-23-45-29-36-54(41-48(45)40-47)58(50-19-11-10-12-20-50)51-32-25-43(26-33-51)44-27-34-52(35-28-44)59(56-22-15-18-46-17-13-14-21-55(46)56)53-37-30-49(31-38-53)57(5,9-4)39-7-2/h10-15,17-38,40-42H,6-9,16,39H2,1-5H3. The van der Waals surface area contributed by atoms with E-state index in [2.05, 4.69) is 226 Å². The summed E-state index contributed by atoms with van der Waals surface area (Å²) in [6, 6.07) is 67.5. The van der Waals surface area contributed by atoms with Crippen molar-refractivity contribution in [2.24, 2.45) is 0 Å². The predicted molar refractivity (Wildman–Crippen MR) is 257 cm³/mol. The highest BCUT2D eigenvalue weighted by molar-refractivity contribution is 5.99. The van der Waals surface area contributed by atoms with Gasteiger partial charge in [0.25, 0.3) is 0 Å². The maximum Gasteiger partial charge on any atom is 0.0540 e. The maximum atomic E-state index is 2.42. The minimum absolute atomic E-state index is 0.179. The van der Waals surface area contributed by atoms with E-state index in [0.29, 0.717) is 5.92 Å². The first kappa shape index (κ1) is 39.7. The molecular formula is C57H58N2. The summed E-state index contributed by atoms with van der Waals surface area (Å²) in [5, 5.41) is 5.04. The molecule has 8 aromatic rings. The Labute approximate surface area is 352 Å². The quantitative estimate of drug-likeness (QED) is 0.102. The third-order valence-corrected chi connectivity index (χ3v) is 12.7. The lowest BCUT2D eigenvalue weighted by molar-refractivity contribution is 0.414. The normalized spacial score (nSPS) is 13.0. The van der Waals surface area contributed by atoms with Crippen LogP contribution in [-0.4, -0.2) is 0 Å². The van der Waals surface area contributed by atoms with E-state index in [0.717, 1.165) is 34.9 Å². The number of hydrogen-bond acceptors (Lipinski definition) is 2. The molecule has 0 saturated heterocycles. The van der Waals surface area contributed by atoms with Crippen LogP contribution in [0.2, 0.25) is 0 Å². The summed E-state index contributed by atoms with van der Waals surface area (Å²) < 4.78 is 0. The molecule has 8 rings (SSSR count). The molecule has 0 heterocycles. The molecule has 0 saturated carbocycles. The summed E-state index contributed by atoms with van der Waals surface area (Å²) in [5.74, 6) is 0.598. The van der Waals surface area contributed by atoms with E-state index in [-0.39, 0.29) is 5.41 Å². The second-order valence-corrected chi connectivity index (χ2v) is 16.5. The van der Waals surface area contributed by atoms with Crippen LogP contribution in [-0.2, 0) is 5.41 Å². The molecule has 0 N–H and O–H groups in total. The van der Waals surface area contributed by atoms with Gasteiger partial charge < -0.3 is 9.80 Å². The van der Waals surface area contributed by atoms with E-state index in [1.807, 2.05) is 0 Å². The van der Waals surface area contributed by atoms with E-state index < -0.39 is 0 Å². The van der Waals surface area contributed by atoms with Gasteiger partial charge in [0.15, 0.2) is 0 Å². The first-order valence-electron chi connectivity index (χ1n) is 21.9.